The van der Waals surface area contributed by atoms with Gasteiger partial charge in [0.2, 0.25) is 0 Å². The molecule has 1 heterocycles. The van der Waals surface area contributed by atoms with Crippen molar-refractivity contribution in [3.8, 4) is 11.5 Å². The van der Waals surface area contributed by atoms with E-state index in [0.717, 1.165) is 36.8 Å². The molecule has 1 N–H and O–H groups in total. The molecule has 0 amide bonds. The number of ether oxygens (including phenoxy) is 3. The molecule has 1 aliphatic rings. The SMILES string of the molecule is CCOc1ccc(OCC)c(NC2CCOC2)c1. The summed E-state index contributed by atoms with van der Waals surface area (Å²) in [5.41, 5.74) is 0.985. The van der Waals surface area contributed by atoms with Crippen LogP contribution in [0, 0.1) is 0 Å². The predicted molar refractivity (Wildman–Crippen MR) is 71.6 cm³/mol. The zero-order valence-electron chi connectivity index (χ0n) is 11.1. The van der Waals surface area contributed by atoms with Gasteiger partial charge in [0.05, 0.1) is 31.5 Å². The molecular formula is C14H21NO3. The van der Waals surface area contributed by atoms with E-state index < -0.39 is 0 Å². The highest BCUT2D eigenvalue weighted by molar-refractivity contribution is 5.60. The van der Waals surface area contributed by atoms with Crippen LogP contribution in [0.2, 0.25) is 0 Å². The molecule has 0 aromatic heterocycles. The van der Waals surface area contributed by atoms with Crippen LogP contribution in [0.1, 0.15) is 20.3 Å². The van der Waals surface area contributed by atoms with Crippen LogP contribution in [0.3, 0.4) is 0 Å². The Bertz CT molecular complexity index is 375. The average Bonchev–Trinajstić information content (AvgIpc) is 2.86. The van der Waals surface area contributed by atoms with Gasteiger partial charge in [-0.1, -0.05) is 0 Å². The maximum absolute atomic E-state index is 5.62. The van der Waals surface area contributed by atoms with E-state index >= 15 is 0 Å². The summed E-state index contributed by atoms with van der Waals surface area (Å²) in [7, 11) is 0. The van der Waals surface area contributed by atoms with Crippen LogP contribution < -0.4 is 14.8 Å². The van der Waals surface area contributed by atoms with Crippen molar-refractivity contribution in [3.05, 3.63) is 18.2 Å². The second-order valence-corrected chi connectivity index (χ2v) is 4.23. The minimum atomic E-state index is 0.362. The molecule has 0 spiro atoms. The molecule has 100 valence electrons. The summed E-state index contributed by atoms with van der Waals surface area (Å²) in [5, 5.41) is 3.46. The molecule has 2 rings (SSSR count). The lowest BCUT2D eigenvalue weighted by Crippen LogP contribution is -2.19. The number of anilines is 1. The fourth-order valence-electron chi connectivity index (χ4n) is 2.03. The second kappa shape index (κ2) is 6.50. The monoisotopic (exact) mass is 251 g/mol. The van der Waals surface area contributed by atoms with Crippen molar-refractivity contribution in [3.63, 3.8) is 0 Å². The summed E-state index contributed by atoms with van der Waals surface area (Å²) in [5.74, 6) is 1.73. The molecule has 1 saturated heterocycles. The third kappa shape index (κ3) is 3.29. The molecule has 1 aliphatic heterocycles. The Kier molecular flexibility index (Phi) is 4.70. The molecule has 0 saturated carbocycles. The first kappa shape index (κ1) is 13.0. The van der Waals surface area contributed by atoms with Gasteiger partial charge in [0, 0.05) is 12.7 Å². The summed E-state index contributed by atoms with van der Waals surface area (Å²) in [6, 6.07) is 6.24. The maximum Gasteiger partial charge on any atom is 0.142 e. The largest absolute Gasteiger partial charge is 0.494 e. The number of hydrogen-bond donors (Lipinski definition) is 1. The summed E-state index contributed by atoms with van der Waals surface area (Å²) in [4.78, 5) is 0. The minimum Gasteiger partial charge on any atom is -0.494 e. The molecular weight excluding hydrogens is 230 g/mol. The maximum atomic E-state index is 5.62. The predicted octanol–water partition coefficient (Wildman–Crippen LogP) is 2.68. The van der Waals surface area contributed by atoms with Gasteiger partial charge in [-0.15, -0.1) is 0 Å². The van der Waals surface area contributed by atoms with Gasteiger partial charge in [0.25, 0.3) is 0 Å². The van der Waals surface area contributed by atoms with Crippen LogP contribution >= 0.6 is 0 Å². The normalized spacial score (nSPS) is 18.7. The average molecular weight is 251 g/mol. The fourth-order valence-corrected chi connectivity index (χ4v) is 2.03. The third-order valence-electron chi connectivity index (χ3n) is 2.85. The standard InChI is InChI=1S/C14H21NO3/c1-3-17-12-5-6-14(18-4-2)13(9-12)15-11-7-8-16-10-11/h5-6,9,11,15H,3-4,7-8,10H2,1-2H3. The molecule has 0 bridgehead atoms. The smallest absolute Gasteiger partial charge is 0.142 e. The van der Waals surface area contributed by atoms with E-state index in [0.29, 0.717) is 19.3 Å². The molecule has 1 atom stereocenters. The van der Waals surface area contributed by atoms with E-state index in [4.69, 9.17) is 14.2 Å². The number of benzene rings is 1. The first-order valence-electron chi connectivity index (χ1n) is 6.57. The Morgan fingerprint density at radius 3 is 2.78 bits per heavy atom. The Hall–Kier alpha value is -1.42. The van der Waals surface area contributed by atoms with Crippen LogP contribution in [-0.4, -0.2) is 32.5 Å². The van der Waals surface area contributed by atoms with Gasteiger partial charge in [-0.2, -0.15) is 0 Å². The lowest BCUT2D eigenvalue weighted by molar-refractivity contribution is 0.195. The summed E-state index contributed by atoms with van der Waals surface area (Å²) in [6.07, 6.45) is 1.03. The highest BCUT2D eigenvalue weighted by Crippen LogP contribution is 2.30. The van der Waals surface area contributed by atoms with E-state index in [9.17, 15) is 0 Å². The van der Waals surface area contributed by atoms with E-state index in [2.05, 4.69) is 5.32 Å². The Morgan fingerprint density at radius 1 is 1.28 bits per heavy atom. The zero-order chi connectivity index (χ0) is 12.8. The number of rotatable bonds is 6. The number of hydrogen-bond acceptors (Lipinski definition) is 4. The van der Waals surface area contributed by atoms with Crippen LogP contribution in [0.5, 0.6) is 11.5 Å². The first-order chi connectivity index (χ1) is 8.83. The Labute approximate surface area is 108 Å². The number of nitrogens with one attached hydrogen (secondary N) is 1. The molecule has 1 aromatic carbocycles. The minimum absolute atomic E-state index is 0.362. The van der Waals surface area contributed by atoms with Crippen molar-refractivity contribution in [2.45, 2.75) is 26.3 Å². The van der Waals surface area contributed by atoms with E-state index in [1.54, 1.807) is 0 Å². The summed E-state index contributed by atoms with van der Waals surface area (Å²) >= 11 is 0. The van der Waals surface area contributed by atoms with Crippen molar-refractivity contribution >= 4 is 5.69 Å². The lowest BCUT2D eigenvalue weighted by Gasteiger charge is -2.17. The summed E-state index contributed by atoms with van der Waals surface area (Å²) in [6.45, 7) is 6.87. The first-order valence-corrected chi connectivity index (χ1v) is 6.57. The van der Waals surface area contributed by atoms with Gasteiger partial charge in [0.1, 0.15) is 11.5 Å². The highest BCUT2D eigenvalue weighted by Gasteiger charge is 2.17. The van der Waals surface area contributed by atoms with Crippen molar-refractivity contribution in [2.75, 3.05) is 31.7 Å². The van der Waals surface area contributed by atoms with Crippen molar-refractivity contribution in [1.82, 2.24) is 0 Å². The van der Waals surface area contributed by atoms with Crippen molar-refractivity contribution < 1.29 is 14.2 Å². The van der Waals surface area contributed by atoms with Crippen molar-refractivity contribution in [2.24, 2.45) is 0 Å². The lowest BCUT2D eigenvalue weighted by atomic mass is 10.2. The fraction of sp³-hybridized carbons (Fsp3) is 0.571. The molecule has 1 unspecified atom stereocenters. The van der Waals surface area contributed by atoms with Crippen LogP contribution in [-0.2, 0) is 4.74 Å². The van der Waals surface area contributed by atoms with Crippen LogP contribution in [0.15, 0.2) is 18.2 Å². The molecule has 1 fully saturated rings. The van der Waals surface area contributed by atoms with E-state index in [1.165, 1.54) is 0 Å². The Balaban J connectivity index is 2.13. The zero-order valence-corrected chi connectivity index (χ0v) is 11.1. The molecule has 4 nitrogen and oxygen atoms in total. The molecule has 4 heteroatoms. The quantitative estimate of drug-likeness (QED) is 0.843. The van der Waals surface area contributed by atoms with E-state index in [1.807, 2.05) is 32.0 Å². The van der Waals surface area contributed by atoms with Gasteiger partial charge < -0.3 is 19.5 Å². The summed E-state index contributed by atoms with van der Waals surface area (Å²) < 4.78 is 16.5. The topological polar surface area (TPSA) is 39.7 Å². The van der Waals surface area contributed by atoms with Gasteiger partial charge in [-0.05, 0) is 32.4 Å². The van der Waals surface area contributed by atoms with Crippen molar-refractivity contribution in [1.29, 1.82) is 0 Å². The van der Waals surface area contributed by atoms with Gasteiger partial charge in [-0.3, -0.25) is 0 Å². The second-order valence-electron chi connectivity index (χ2n) is 4.23. The van der Waals surface area contributed by atoms with Crippen LogP contribution in [0.4, 0.5) is 5.69 Å². The highest BCUT2D eigenvalue weighted by atomic mass is 16.5. The molecule has 0 radical (unpaired) electrons. The van der Waals surface area contributed by atoms with E-state index in [-0.39, 0.29) is 0 Å². The van der Waals surface area contributed by atoms with Gasteiger partial charge >= 0.3 is 0 Å². The Morgan fingerprint density at radius 2 is 2.11 bits per heavy atom. The van der Waals surface area contributed by atoms with Gasteiger partial charge in [0.15, 0.2) is 0 Å². The van der Waals surface area contributed by atoms with Crippen LogP contribution in [0.25, 0.3) is 0 Å². The van der Waals surface area contributed by atoms with Gasteiger partial charge in [-0.25, -0.2) is 0 Å². The third-order valence-corrected chi connectivity index (χ3v) is 2.85. The molecule has 1 aromatic rings. The molecule has 0 aliphatic carbocycles. The molecule has 18 heavy (non-hydrogen) atoms.